The van der Waals surface area contributed by atoms with Gasteiger partial charge in [-0.3, -0.25) is 4.79 Å². The van der Waals surface area contributed by atoms with E-state index in [1.165, 1.54) is 26.2 Å². The number of sulfone groups is 1. The van der Waals surface area contributed by atoms with Gasteiger partial charge in [-0.2, -0.15) is 0 Å². The minimum absolute atomic E-state index is 0.0207. The number of rotatable bonds is 7. The molecule has 1 aliphatic heterocycles. The van der Waals surface area contributed by atoms with Crippen molar-refractivity contribution in [2.45, 2.75) is 35.6 Å². The largest absolute Gasteiger partial charge is 0.371 e. The van der Waals surface area contributed by atoms with Crippen molar-refractivity contribution in [2.24, 2.45) is 0 Å². The molecule has 0 aromatic heterocycles. The highest BCUT2D eigenvalue weighted by Gasteiger charge is 2.23. The van der Waals surface area contributed by atoms with Crippen molar-refractivity contribution in [2.75, 3.05) is 37.8 Å². The van der Waals surface area contributed by atoms with E-state index in [9.17, 15) is 21.6 Å². The number of nitrogens with one attached hydrogen (secondary N) is 1. The van der Waals surface area contributed by atoms with Crippen LogP contribution in [0.1, 0.15) is 30.1 Å². The fourth-order valence-electron chi connectivity index (χ4n) is 3.59. The summed E-state index contributed by atoms with van der Waals surface area (Å²) in [5, 5.41) is 3.00. The molecule has 0 aliphatic carbocycles. The molecule has 10 heteroatoms. The Balaban J connectivity index is 1.60. The zero-order valence-corrected chi connectivity index (χ0v) is 20.1. The molecule has 0 atom stereocenters. The van der Waals surface area contributed by atoms with Gasteiger partial charge in [-0.1, -0.05) is 13.0 Å². The summed E-state index contributed by atoms with van der Waals surface area (Å²) in [4.78, 5) is 15.3. The van der Waals surface area contributed by atoms with Crippen LogP contribution in [0.3, 0.4) is 0 Å². The van der Waals surface area contributed by atoms with E-state index in [1.807, 2.05) is 12.1 Å². The first kappa shape index (κ1) is 24.2. The van der Waals surface area contributed by atoms with Crippen LogP contribution in [0, 0.1) is 0 Å². The first-order valence-corrected chi connectivity index (χ1v) is 13.5. The minimum atomic E-state index is -3.61. The number of anilines is 1. The maximum atomic E-state index is 12.7. The lowest BCUT2D eigenvalue weighted by atomic mass is 10.0. The van der Waals surface area contributed by atoms with Crippen molar-refractivity contribution in [3.8, 4) is 0 Å². The lowest BCUT2D eigenvalue weighted by Crippen LogP contribution is -2.44. The van der Waals surface area contributed by atoms with E-state index >= 15 is 0 Å². The van der Waals surface area contributed by atoms with Crippen molar-refractivity contribution < 1.29 is 21.6 Å². The second-order valence-electron chi connectivity index (χ2n) is 7.95. The molecular formula is C22H29N3O5S2. The molecule has 174 valence electrons. The fraction of sp³-hybridized carbons (Fsp3) is 0.409. The Kier molecular flexibility index (Phi) is 7.26. The van der Waals surface area contributed by atoms with Crippen LogP contribution in [0.25, 0.3) is 0 Å². The van der Waals surface area contributed by atoms with E-state index in [0.29, 0.717) is 10.5 Å². The Bertz CT molecular complexity index is 1170. The molecule has 1 fully saturated rings. The summed E-state index contributed by atoms with van der Waals surface area (Å²) in [7, 11) is -3.93. The molecule has 1 amide bonds. The quantitative estimate of drug-likeness (QED) is 0.653. The lowest BCUT2D eigenvalue weighted by Gasteiger charge is -2.34. The van der Waals surface area contributed by atoms with Crippen LogP contribution in [0.15, 0.2) is 58.3 Å². The second-order valence-corrected chi connectivity index (χ2v) is 12.4. The predicted octanol–water partition coefficient (Wildman–Crippen LogP) is 2.13. The number of hydrogen-bond donors (Lipinski definition) is 1. The van der Waals surface area contributed by atoms with Crippen molar-refractivity contribution in [3.05, 3.63) is 54.1 Å². The maximum absolute atomic E-state index is 12.7. The standard InChI is InChI=1S/C22H29N3O5S2/c1-4-31(27,28)20-10-8-19(9-11-20)25-14-12-18(13-15-25)23-22(26)17-6-5-7-21(16-17)32(29,30)24(2)3/h5-11,16,18H,4,12-15H2,1-3H3,(H,23,26). The molecule has 8 nitrogen and oxygen atoms in total. The number of amides is 1. The topological polar surface area (TPSA) is 104 Å². The molecule has 1 saturated heterocycles. The molecule has 2 aromatic rings. The van der Waals surface area contributed by atoms with Crippen LogP contribution >= 0.6 is 0 Å². The van der Waals surface area contributed by atoms with Gasteiger partial charge in [-0.15, -0.1) is 0 Å². The average Bonchev–Trinajstić information content (AvgIpc) is 2.79. The molecule has 3 rings (SSSR count). The Labute approximate surface area is 190 Å². The van der Waals surface area contributed by atoms with Crippen LogP contribution in [0.2, 0.25) is 0 Å². The van der Waals surface area contributed by atoms with Crippen molar-refractivity contribution >= 4 is 31.5 Å². The van der Waals surface area contributed by atoms with Gasteiger partial charge < -0.3 is 10.2 Å². The van der Waals surface area contributed by atoms with Crippen molar-refractivity contribution in [3.63, 3.8) is 0 Å². The molecule has 0 radical (unpaired) electrons. The van der Waals surface area contributed by atoms with Gasteiger partial charge in [0.25, 0.3) is 5.91 Å². The summed E-state index contributed by atoms with van der Waals surface area (Å²) in [5.74, 6) is -0.227. The van der Waals surface area contributed by atoms with E-state index < -0.39 is 19.9 Å². The second kappa shape index (κ2) is 9.60. The molecule has 0 spiro atoms. The number of hydrogen-bond acceptors (Lipinski definition) is 6. The lowest BCUT2D eigenvalue weighted by molar-refractivity contribution is 0.0931. The zero-order valence-electron chi connectivity index (χ0n) is 18.5. The third kappa shape index (κ3) is 5.31. The molecule has 0 bridgehead atoms. The predicted molar refractivity (Wildman–Crippen MR) is 124 cm³/mol. The average molecular weight is 480 g/mol. The van der Waals surface area contributed by atoms with Gasteiger partial charge in [0, 0.05) is 44.5 Å². The number of carbonyl (C=O) groups excluding carboxylic acids is 1. The van der Waals surface area contributed by atoms with Gasteiger partial charge in [0.1, 0.15) is 0 Å². The van der Waals surface area contributed by atoms with Gasteiger partial charge in [0.2, 0.25) is 10.0 Å². The molecular weight excluding hydrogens is 450 g/mol. The minimum Gasteiger partial charge on any atom is -0.371 e. The van der Waals surface area contributed by atoms with Crippen LogP contribution in [-0.2, 0) is 19.9 Å². The molecule has 1 N–H and O–H groups in total. The highest BCUT2D eigenvalue weighted by atomic mass is 32.2. The molecule has 1 aliphatic rings. The molecule has 0 saturated carbocycles. The third-order valence-electron chi connectivity index (χ3n) is 5.65. The summed E-state index contributed by atoms with van der Waals surface area (Å²) in [6.45, 7) is 3.07. The number of benzene rings is 2. The highest BCUT2D eigenvalue weighted by molar-refractivity contribution is 7.91. The monoisotopic (exact) mass is 479 g/mol. The van der Waals surface area contributed by atoms with Gasteiger partial charge in [-0.05, 0) is 55.3 Å². The van der Waals surface area contributed by atoms with Crippen LogP contribution in [0.4, 0.5) is 5.69 Å². The molecule has 32 heavy (non-hydrogen) atoms. The molecule has 2 aromatic carbocycles. The van der Waals surface area contributed by atoms with E-state index in [1.54, 1.807) is 31.2 Å². The van der Waals surface area contributed by atoms with E-state index in [2.05, 4.69) is 10.2 Å². The van der Waals surface area contributed by atoms with Gasteiger partial charge in [0.15, 0.2) is 9.84 Å². The van der Waals surface area contributed by atoms with Crippen LogP contribution in [-0.4, -0.2) is 66.0 Å². The number of nitrogens with zero attached hydrogens (tertiary/aromatic N) is 2. The van der Waals surface area contributed by atoms with Crippen molar-refractivity contribution in [1.29, 1.82) is 0 Å². The summed E-state index contributed by atoms with van der Waals surface area (Å²) in [6, 6.07) is 12.9. The Morgan fingerprint density at radius 1 is 1.00 bits per heavy atom. The zero-order chi connectivity index (χ0) is 23.5. The Hall–Kier alpha value is -2.43. The Morgan fingerprint density at radius 2 is 1.62 bits per heavy atom. The molecule has 0 unspecified atom stereocenters. The van der Waals surface area contributed by atoms with Gasteiger partial charge in [0.05, 0.1) is 15.5 Å². The van der Waals surface area contributed by atoms with E-state index in [4.69, 9.17) is 0 Å². The number of piperidine rings is 1. The fourth-order valence-corrected chi connectivity index (χ4v) is 5.42. The van der Waals surface area contributed by atoms with Crippen LogP contribution < -0.4 is 10.2 Å². The van der Waals surface area contributed by atoms with Gasteiger partial charge in [-0.25, -0.2) is 21.1 Å². The summed E-state index contributed by atoms with van der Waals surface area (Å²) in [6.07, 6.45) is 1.47. The van der Waals surface area contributed by atoms with Crippen molar-refractivity contribution in [1.82, 2.24) is 9.62 Å². The number of carbonyl (C=O) groups is 1. The highest BCUT2D eigenvalue weighted by Crippen LogP contribution is 2.23. The number of sulfonamides is 1. The van der Waals surface area contributed by atoms with E-state index in [0.717, 1.165) is 35.9 Å². The summed E-state index contributed by atoms with van der Waals surface area (Å²) >= 11 is 0. The summed E-state index contributed by atoms with van der Waals surface area (Å²) < 4.78 is 49.7. The molecule has 1 heterocycles. The summed E-state index contributed by atoms with van der Waals surface area (Å²) in [5.41, 5.74) is 1.26. The SMILES string of the molecule is CCS(=O)(=O)c1ccc(N2CCC(NC(=O)c3cccc(S(=O)(=O)N(C)C)c3)CC2)cc1. The Morgan fingerprint density at radius 3 is 2.19 bits per heavy atom. The van der Waals surface area contributed by atoms with E-state index in [-0.39, 0.29) is 22.6 Å². The normalized spacial score (nSPS) is 15.7. The smallest absolute Gasteiger partial charge is 0.251 e. The van der Waals surface area contributed by atoms with Gasteiger partial charge >= 0.3 is 0 Å². The van der Waals surface area contributed by atoms with Crippen LogP contribution in [0.5, 0.6) is 0 Å². The first-order chi connectivity index (χ1) is 15.0. The first-order valence-electron chi connectivity index (χ1n) is 10.5. The third-order valence-corrected chi connectivity index (χ3v) is 9.21. The maximum Gasteiger partial charge on any atom is 0.251 e.